The first-order valence-corrected chi connectivity index (χ1v) is 6.04. The number of rotatable bonds is 3. The Hall–Kier alpha value is -1.26. The van der Waals surface area contributed by atoms with Gasteiger partial charge in [0, 0.05) is 11.8 Å². The molecule has 2 aromatic rings. The molecule has 1 aromatic heterocycles. The van der Waals surface area contributed by atoms with Gasteiger partial charge in [-0.2, -0.15) is 0 Å². The second-order valence-corrected chi connectivity index (χ2v) is 4.58. The summed E-state index contributed by atoms with van der Waals surface area (Å²) in [5, 5.41) is 1.14. The van der Waals surface area contributed by atoms with E-state index in [9.17, 15) is 0 Å². The van der Waals surface area contributed by atoms with Gasteiger partial charge in [-0.1, -0.05) is 29.0 Å². The van der Waals surface area contributed by atoms with Gasteiger partial charge in [0.15, 0.2) is 5.13 Å². The summed E-state index contributed by atoms with van der Waals surface area (Å²) in [5.74, 6) is 0.690. The Kier molecular flexibility index (Phi) is 3.31. The maximum absolute atomic E-state index is 6.09. The van der Waals surface area contributed by atoms with Crippen LogP contribution >= 0.6 is 22.9 Å². The van der Waals surface area contributed by atoms with Crippen LogP contribution in [0.2, 0.25) is 5.02 Å². The number of aromatic nitrogens is 1. The summed E-state index contributed by atoms with van der Waals surface area (Å²) in [4.78, 5) is 4.98. The molecule has 0 aliphatic heterocycles. The number of para-hydroxylation sites is 1. The van der Waals surface area contributed by atoms with Crippen molar-refractivity contribution < 1.29 is 4.74 Å². The van der Waals surface area contributed by atoms with Crippen LogP contribution in [-0.4, -0.2) is 11.6 Å². The molecular weight excluding hydrogens is 244 g/mol. The van der Waals surface area contributed by atoms with Crippen molar-refractivity contribution in [2.24, 2.45) is 0 Å². The van der Waals surface area contributed by atoms with E-state index in [-0.39, 0.29) is 0 Å². The molecule has 0 aliphatic carbocycles. The lowest BCUT2D eigenvalue weighted by atomic mass is 10.2. The van der Waals surface area contributed by atoms with Gasteiger partial charge in [-0.05, 0) is 19.1 Å². The summed E-state index contributed by atoms with van der Waals surface area (Å²) in [5.41, 5.74) is 6.55. The Bertz CT molecular complexity index is 498. The Morgan fingerprint density at radius 1 is 1.50 bits per heavy atom. The first kappa shape index (κ1) is 11.2. The Balaban J connectivity index is 2.51. The Labute approximate surface area is 103 Å². The van der Waals surface area contributed by atoms with Crippen LogP contribution in [-0.2, 0) is 0 Å². The molecule has 16 heavy (non-hydrogen) atoms. The SMILES string of the molecule is CCOc1c(Cl)cccc1-c1cnc(N)s1. The van der Waals surface area contributed by atoms with E-state index in [1.807, 2.05) is 19.1 Å². The van der Waals surface area contributed by atoms with E-state index in [0.29, 0.717) is 22.5 Å². The smallest absolute Gasteiger partial charge is 0.180 e. The van der Waals surface area contributed by atoms with Crippen LogP contribution in [0, 0.1) is 0 Å². The molecule has 1 aromatic carbocycles. The van der Waals surface area contributed by atoms with Crippen molar-refractivity contribution in [1.29, 1.82) is 0 Å². The number of halogens is 1. The number of hydrogen-bond donors (Lipinski definition) is 1. The molecular formula is C11H11ClN2OS. The van der Waals surface area contributed by atoms with Gasteiger partial charge >= 0.3 is 0 Å². The third kappa shape index (κ3) is 2.13. The number of ether oxygens (including phenoxy) is 1. The van der Waals surface area contributed by atoms with Gasteiger partial charge in [-0.3, -0.25) is 0 Å². The maximum Gasteiger partial charge on any atom is 0.180 e. The fraction of sp³-hybridized carbons (Fsp3) is 0.182. The Morgan fingerprint density at radius 3 is 2.94 bits per heavy atom. The van der Waals surface area contributed by atoms with Crippen molar-refractivity contribution >= 4 is 28.1 Å². The predicted molar refractivity (Wildman–Crippen MR) is 68.1 cm³/mol. The summed E-state index contributed by atoms with van der Waals surface area (Å²) in [6.45, 7) is 2.50. The standard InChI is InChI=1S/C11H11ClN2OS/c1-2-15-10-7(4-3-5-8(10)12)9-6-14-11(13)16-9/h3-6H,2H2,1H3,(H2,13,14). The molecule has 0 atom stereocenters. The highest BCUT2D eigenvalue weighted by Crippen LogP contribution is 2.39. The summed E-state index contributed by atoms with van der Waals surface area (Å²) in [6.07, 6.45) is 1.73. The summed E-state index contributed by atoms with van der Waals surface area (Å²) in [6, 6.07) is 5.64. The minimum Gasteiger partial charge on any atom is -0.492 e. The molecule has 0 fully saturated rings. The van der Waals surface area contributed by atoms with Gasteiger partial charge < -0.3 is 10.5 Å². The second kappa shape index (κ2) is 4.72. The minimum absolute atomic E-state index is 0.539. The van der Waals surface area contributed by atoms with Gasteiger partial charge in [0.05, 0.1) is 16.5 Å². The fourth-order valence-electron chi connectivity index (χ4n) is 1.41. The van der Waals surface area contributed by atoms with E-state index in [2.05, 4.69) is 4.98 Å². The highest BCUT2D eigenvalue weighted by Gasteiger charge is 2.12. The first-order valence-electron chi connectivity index (χ1n) is 4.85. The van der Waals surface area contributed by atoms with Crippen LogP contribution in [0.1, 0.15) is 6.92 Å². The molecule has 0 aliphatic rings. The quantitative estimate of drug-likeness (QED) is 0.913. The third-order valence-electron chi connectivity index (χ3n) is 2.04. The highest BCUT2D eigenvalue weighted by atomic mass is 35.5. The van der Waals surface area contributed by atoms with Crippen molar-refractivity contribution in [1.82, 2.24) is 4.98 Å². The maximum atomic E-state index is 6.09. The molecule has 0 bridgehead atoms. The molecule has 2 N–H and O–H groups in total. The predicted octanol–water partition coefficient (Wildman–Crippen LogP) is 3.44. The molecule has 2 rings (SSSR count). The van der Waals surface area contributed by atoms with Crippen LogP contribution in [0.4, 0.5) is 5.13 Å². The molecule has 0 saturated heterocycles. The van der Waals surface area contributed by atoms with Crippen molar-refractivity contribution in [3.8, 4) is 16.2 Å². The summed E-state index contributed by atoms with van der Waals surface area (Å²) < 4.78 is 5.54. The fourth-order valence-corrected chi connectivity index (χ4v) is 2.34. The van der Waals surface area contributed by atoms with E-state index in [4.69, 9.17) is 22.1 Å². The molecule has 0 unspecified atom stereocenters. The Morgan fingerprint density at radius 2 is 2.31 bits per heavy atom. The average molecular weight is 255 g/mol. The van der Waals surface area contributed by atoms with Gasteiger partial charge in [0.25, 0.3) is 0 Å². The van der Waals surface area contributed by atoms with E-state index < -0.39 is 0 Å². The van der Waals surface area contributed by atoms with Gasteiger partial charge in [0.1, 0.15) is 5.75 Å². The molecule has 3 nitrogen and oxygen atoms in total. The zero-order valence-corrected chi connectivity index (χ0v) is 10.3. The van der Waals surface area contributed by atoms with E-state index in [1.54, 1.807) is 12.3 Å². The molecule has 1 heterocycles. The number of nitrogens with zero attached hydrogens (tertiary/aromatic N) is 1. The number of nitrogens with two attached hydrogens (primary N) is 1. The number of benzene rings is 1. The number of hydrogen-bond acceptors (Lipinski definition) is 4. The van der Waals surface area contributed by atoms with Crippen molar-refractivity contribution in [2.45, 2.75) is 6.92 Å². The van der Waals surface area contributed by atoms with Gasteiger partial charge in [-0.15, -0.1) is 0 Å². The van der Waals surface area contributed by atoms with E-state index >= 15 is 0 Å². The van der Waals surface area contributed by atoms with Gasteiger partial charge in [-0.25, -0.2) is 4.98 Å². The lowest BCUT2D eigenvalue weighted by Gasteiger charge is -2.09. The van der Waals surface area contributed by atoms with Crippen LogP contribution < -0.4 is 10.5 Å². The van der Waals surface area contributed by atoms with Crippen LogP contribution in [0.3, 0.4) is 0 Å². The highest BCUT2D eigenvalue weighted by molar-refractivity contribution is 7.18. The average Bonchev–Trinajstić information content (AvgIpc) is 2.68. The lowest BCUT2D eigenvalue weighted by molar-refractivity contribution is 0.342. The molecule has 0 amide bonds. The zero-order valence-electron chi connectivity index (χ0n) is 8.74. The molecule has 0 radical (unpaired) electrons. The van der Waals surface area contributed by atoms with E-state index in [0.717, 1.165) is 10.4 Å². The second-order valence-electron chi connectivity index (χ2n) is 3.11. The van der Waals surface area contributed by atoms with Crippen LogP contribution in [0.5, 0.6) is 5.75 Å². The molecule has 5 heteroatoms. The van der Waals surface area contributed by atoms with Crippen molar-refractivity contribution in [3.63, 3.8) is 0 Å². The van der Waals surface area contributed by atoms with Crippen LogP contribution in [0.15, 0.2) is 24.4 Å². The van der Waals surface area contributed by atoms with Crippen LogP contribution in [0.25, 0.3) is 10.4 Å². The molecule has 0 saturated carbocycles. The lowest BCUT2D eigenvalue weighted by Crippen LogP contribution is -1.94. The third-order valence-corrected chi connectivity index (χ3v) is 3.20. The normalized spacial score (nSPS) is 10.4. The first-order chi connectivity index (χ1) is 7.72. The topological polar surface area (TPSA) is 48.1 Å². The van der Waals surface area contributed by atoms with Crippen molar-refractivity contribution in [2.75, 3.05) is 12.3 Å². The molecule has 84 valence electrons. The monoisotopic (exact) mass is 254 g/mol. The minimum atomic E-state index is 0.539. The zero-order chi connectivity index (χ0) is 11.5. The molecule has 0 spiro atoms. The van der Waals surface area contributed by atoms with Crippen molar-refractivity contribution in [3.05, 3.63) is 29.4 Å². The van der Waals surface area contributed by atoms with Gasteiger partial charge in [0.2, 0.25) is 0 Å². The summed E-state index contributed by atoms with van der Waals surface area (Å²) in [7, 11) is 0. The number of thiazole rings is 1. The summed E-state index contributed by atoms with van der Waals surface area (Å²) >= 11 is 7.51. The largest absolute Gasteiger partial charge is 0.492 e. The number of anilines is 1. The van der Waals surface area contributed by atoms with E-state index in [1.165, 1.54) is 11.3 Å². The number of nitrogen functional groups attached to an aromatic ring is 1.